The van der Waals surface area contributed by atoms with Crippen molar-refractivity contribution >= 4 is 5.78 Å². The molecule has 0 radical (unpaired) electrons. The van der Waals surface area contributed by atoms with Gasteiger partial charge in [0.05, 0.1) is 0 Å². The molecule has 0 amide bonds. The summed E-state index contributed by atoms with van der Waals surface area (Å²) in [5, 5.41) is 0. The summed E-state index contributed by atoms with van der Waals surface area (Å²) < 4.78 is 25.8. The third-order valence-electron chi connectivity index (χ3n) is 3.32. The number of halogens is 2. The van der Waals surface area contributed by atoms with E-state index < -0.39 is 11.6 Å². The first-order chi connectivity index (χ1) is 9.56. The molecule has 1 nitrogen and oxygen atoms in total. The van der Waals surface area contributed by atoms with Crippen molar-refractivity contribution in [3.05, 3.63) is 70.8 Å². The van der Waals surface area contributed by atoms with Gasteiger partial charge in [-0.15, -0.1) is 0 Å². The lowest BCUT2D eigenvalue weighted by Crippen LogP contribution is -2.05. The number of aryl methyl sites for hydroxylation is 2. The second-order valence-electron chi connectivity index (χ2n) is 4.89. The molecule has 3 heteroatoms. The monoisotopic (exact) mass is 274 g/mol. The van der Waals surface area contributed by atoms with Crippen molar-refractivity contribution in [2.45, 2.75) is 26.2 Å². The Kier molecular flexibility index (Phi) is 4.61. The van der Waals surface area contributed by atoms with E-state index in [4.69, 9.17) is 0 Å². The standard InChI is InChI=1S/C17H16F2O/c1-12-4-2-3-5-14(12)7-8-15(20)10-13-6-9-16(18)17(19)11-13/h2-6,9,11H,7-8,10H2,1H3. The van der Waals surface area contributed by atoms with Gasteiger partial charge in [-0.2, -0.15) is 0 Å². The van der Waals surface area contributed by atoms with E-state index in [-0.39, 0.29) is 12.2 Å². The average molecular weight is 274 g/mol. The molecule has 104 valence electrons. The Bertz CT molecular complexity index is 620. The third kappa shape index (κ3) is 3.73. The van der Waals surface area contributed by atoms with Crippen LogP contribution in [0.1, 0.15) is 23.1 Å². The lowest BCUT2D eigenvalue weighted by Gasteiger charge is -2.05. The highest BCUT2D eigenvalue weighted by molar-refractivity contribution is 5.81. The van der Waals surface area contributed by atoms with Crippen LogP contribution in [0.4, 0.5) is 8.78 Å². The number of benzene rings is 2. The first-order valence-corrected chi connectivity index (χ1v) is 6.56. The van der Waals surface area contributed by atoms with Gasteiger partial charge in [0.1, 0.15) is 5.78 Å². The molecule has 2 aromatic rings. The topological polar surface area (TPSA) is 17.1 Å². The highest BCUT2D eigenvalue weighted by Gasteiger charge is 2.08. The number of rotatable bonds is 5. The first-order valence-electron chi connectivity index (χ1n) is 6.56. The van der Waals surface area contributed by atoms with Crippen LogP contribution in [0.15, 0.2) is 42.5 Å². The molecule has 0 bridgehead atoms. The van der Waals surface area contributed by atoms with E-state index in [0.29, 0.717) is 18.4 Å². The molecular weight excluding hydrogens is 258 g/mol. The minimum atomic E-state index is -0.908. The summed E-state index contributed by atoms with van der Waals surface area (Å²) in [6.07, 6.45) is 1.22. The molecule has 0 fully saturated rings. The van der Waals surface area contributed by atoms with E-state index in [1.54, 1.807) is 0 Å². The van der Waals surface area contributed by atoms with E-state index >= 15 is 0 Å². The maximum Gasteiger partial charge on any atom is 0.159 e. The van der Waals surface area contributed by atoms with Crippen molar-refractivity contribution in [2.24, 2.45) is 0 Å². The molecule has 2 aromatic carbocycles. The summed E-state index contributed by atoms with van der Waals surface area (Å²) in [6.45, 7) is 2.01. The molecule has 0 saturated carbocycles. The van der Waals surface area contributed by atoms with Crippen molar-refractivity contribution in [1.82, 2.24) is 0 Å². The highest BCUT2D eigenvalue weighted by atomic mass is 19.2. The van der Waals surface area contributed by atoms with E-state index in [9.17, 15) is 13.6 Å². The second-order valence-corrected chi connectivity index (χ2v) is 4.89. The second kappa shape index (κ2) is 6.42. The predicted octanol–water partition coefficient (Wildman–Crippen LogP) is 4.02. The maximum atomic E-state index is 13.0. The molecule has 0 heterocycles. The van der Waals surface area contributed by atoms with Gasteiger partial charge in [0.25, 0.3) is 0 Å². The normalized spacial score (nSPS) is 10.6. The molecule has 20 heavy (non-hydrogen) atoms. The number of carbonyl (C=O) groups excluding carboxylic acids is 1. The summed E-state index contributed by atoms with van der Waals surface area (Å²) in [7, 11) is 0. The molecule has 0 aliphatic carbocycles. The van der Waals surface area contributed by atoms with Crippen LogP contribution >= 0.6 is 0 Å². The molecule has 0 atom stereocenters. The van der Waals surface area contributed by atoms with Crippen LogP contribution < -0.4 is 0 Å². The quantitative estimate of drug-likeness (QED) is 0.805. The molecule has 2 rings (SSSR count). The van der Waals surface area contributed by atoms with Crippen molar-refractivity contribution in [3.63, 3.8) is 0 Å². The van der Waals surface area contributed by atoms with Crippen molar-refractivity contribution in [3.8, 4) is 0 Å². The van der Waals surface area contributed by atoms with Crippen LogP contribution in [0.5, 0.6) is 0 Å². The van der Waals surface area contributed by atoms with Crippen LogP contribution in [-0.2, 0) is 17.6 Å². The molecule has 0 aliphatic rings. The van der Waals surface area contributed by atoms with Crippen LogP contribution in [0.2, 0.25) is 0 Å². The fourth-order valence-electron chi connectivity index (χ4n) is 2.13. The van der Waals surface area contributed by atoms with Gasteiger partial charge >= 0.3 is 0 Å². The minimum Gasteiger partial charge on any atom is -0.299 e. The first kappa shape index (κ1) is 14.4. The van der Waals surface area contributed by atoms with E-state index in [0.717, 1.165) is 23.3 Å². The minimum absolute atomic E-state index is 0.0271. The summed E-state index contributed by atoms with van der Waals surface area (Å²) in [4.78, 5) is 11.9. The van der Waals surface area contributed by atoms with Crippen molar-refractivity contribution in [2.75, 3.05) is 0 Å². The SMILES string of the molecule is Cc1ccccc1CCC(=O)Cc1ccc(F)c(F)c1. The van der Waals surface area contributed by atoms with E-state index in [2.05, 4.69) is 0 Å². The highest BCUT2D eigenvalue weighted by Crippen LogP contribution is 2.13. The zero-order valence-electron chi connectivity index (χ0n) is 11.3. The Hall–Kier alpha value is -2.03. The smallest absolute Gasteiger partial charge is 0.159 e. The number of hydrogen-bond donors (Lipinski definition) is 0. The molecule has 0 aliphatic heterocycles. The Labute approximate surface area is 117 Å². The van der Waals surface area contributed by atoms with Crippen LogP contribution in [0.3, 0.4) is 0 Å². The van der Waals surface area contributed by atoms with Gasteiger partial charge in [0.2, 0.25) is 0 Å². The Morgan fingerprint density at radius 3 is 2.50 bits per heavy atom. The number of carbonyl (C=O) groups is 1. The summed E-state index contributed by atoms with van der Waals surface area (Å²) >= 11 is 0. The van der Waals surface area contributed by atoms with Gasteiger partial charge in [-0.1, -0.05) is 30.3 Å². The van der Waals surface area contributed by atoms with Gasteiger partial charge in [0.15, 0.2) is 11.6 Å². The number of ketones is 1. The molecule has 0 saturated heterocycles. The predicted molar refractivity (Wildman–Crippen MR) is 74.6 cm³/mol. The summed E-state index contributed by atoms with van der Waals surface area (Å²) in [5.74, 6) is -1.77. The molecular formula is C17H16F2O. The molecule has 0 spiro atoms. The fraction of sp³-hybridized carbons (Fsp3) is 0.235. The lowest BCUT2D eigenvalue weighted by molar-refractivity contribution is -0.118. The number of Topliss-reactive ketones (excluding diaryl/α,β-unsaturated/α-hetero) is 1. The fourth-order valence-corrected chi connectivity index (χ4v) is 2.13. The van der Waals surface area contributed by atoms with E-state index in [1.165, 1.54) is 6.07 Å². The van der Waals surface area contributed by atoms with E-state index in [1.807, 2.05) is 31.2 Å². The largest absolute Gasteiger partial charge is 0.299 e. The molecule has 0 unspecified atom stereocenters. The Morgan fingerprint density at radius 2 is 1.80 bits per heavy atom. The Morgan fingerprint density at radius 1 is 1.05 bits per heavy atom. The Balaban J connectivity index is 1.93. The molecule has 0 aromatic heterocycles. The third-order valence-corrected chi connectivity index (χ3v) is 3.32. The van der Waals surface area contributed by atoms with Crippen LogP contribution in [0, 0.1) is 18.6 Å². The van der Waals surface area contributed by atoms with Gasteiger partial charge in [-0.25, -0.2) is 8.78 Å². The van der Waals surface area contributed by atoms with Crippen LogP contribution in [0.25, 0.3) is 0 Å². The van der Waals surface area contributed by atoms with Crippen molar-refractivity contribution < 1.29 is 13.6 Å². The van der Waals surface area contributed by atoms with Gasteiger partial charge in [0, 0.05) is 12.8 Å². The van der Waals surface area contributed by atoms with Crippen LogP contribution in [-0.4, -0.2) is 5.78 Å². The summed E-state index contributed by atoms with van der Waals surface area (Å²) in [5.41, 5.74) is 2.82. The van der Waals surface area contributed by atoms with Gasteiger partial charge in [-0.3, -0.25) is 4.79 Å². The molecule has 0 N–H and O–H groups in total. The maximum absolute atomic E-state index is 13.0. The zero-order chi connectivity index (χ0) is 14.5. The number of hydrogen-bond acceptors (Lipinski definition) is 1. The van der Waals surface area contributed by atoms with Gasteiger partial charge < -0.3 is 0 Å². The lowest BCUT2D eigenvalue weighted by atomic mass is 10.00. The average Bonchev–Trinajstić information content (AvgIpc) is 2.42. The summed E-state index contributed by atoms with van der Waals surface area (Å²) in [6, 6.07) is 11.5. The van der Waals surface area contributed by atoms with Gasteiger partial charge in [-0.05, 0) is 42.2 Å². The zero-order valence-corrected chi connectivity index (χ0v) is 11.3. The van der Waals surface area contributed by atoms with Crippen molar-refractivity contribution in [1.29, 1.82) is 0 Å².